The summed E-state index contributed by atoms with van der Waals surface area (Å²) in [6.07, 6.45) is 0. The van der Waals surface area contributed by atoms with E-state index in [0.29, 0.717) is 6.54 Å². The lowest BCUT2D eigenvalue weighted by Crippen LogP contribution is -2.35. The van der Waals surface area contributed by atoms with E-state index >= 15 is 0 Å². The normalized spacial score (nSPS) is 11.7. The molecule has 3 N–H and O–H groups in total. The van der Waals surface area contributed by atoms with Crippen LogP contribution in [-0.4, -0.2) is 19.0 Å². The van der Waals surface area contributed by atoms with E-state index in [1.165, 1.54) is 0 Å². The quantitative estimate of drug-likeness (QED) is 0.346. The van der Waals surface area contributed by atoms with Gasteiger partial charge in [0.15, 0.2) is 0 Å². The fourth-order valence-corrected chi connectivity index (χ4v) is 1.93. The maximum Gasteiger partial charge on any atom is 0.239 e. The summed E-state index contributed by atoms with van der Waals surface area (Å²) in [5.74, 6) is -0.437. The highest BCUT2D eigenvalue weighted by Gasteiger charge is 2.20. The number of carbonyl (C=O) groups excluding carboxylic acids is 1. The van der Waals surface area contributed by atoms with Crippen molar-refractivity contribution >= 4 is 5.91 Å². The Kier molecular flexibility index (Phi) is 5.17. The second-order valence-electron chi connectivity index (χ2n) is 4.05. The minimum atomic E-state index is -0.555. The number of primary amides is 1. The van der Waals surface area contributed by atoms with Crippen LogP contribution in [0.15, 0.2) is 23.3 Å². The number of hydrogen-bond donors (Lipinski definition) is 2. The lowest BCUT2D eigenvalue weighted by atomic mass is 9.95. The highest BCUT2D eigenvalue weighted by Crippen LogP contribution is 2.21. The van der Waals surface area contributed by atoms with Gasteiger partial charge in [-0.15, -0.1) is 0 Å². The molecule has 1 aromatic carbocycles. The van der Waals surface area contributed by atoms with Crippen LogP contribution in [-0.2, 0) is 4.79 Å². The molecule has 0 aliphatic carbocycles. The SMILES string of the molecule is Cc1cccc(C)c1C(NCCN=[N+]=[N-])C(N)=O. The Labute approximate surface area is 106 Å². The number of amides is 1. The van der Waals surface area contributed by atoms with Gasteiger partial charge in [-0.2, -0.15) is 0 Å². The fraction of sp³-hybridized carbons (Fsp3) is 0.417. The average Bonchev–Trinajstić information content (AvgIpc) is 2.31. The van der Waals surface area contributed by atoms with E-state index in [4.69, 9.17) is 11.3 Å². The zero-order valence-corrected chi connectivity index (χ0v) is 10.6. The predicted octanol–water partition coefficient (Wildman–Crippen LogP) is 1.73. The van der Waals surface area contributed by atoms with Crippen molar-refractivity contribution in [3.63, 3.8) is 0 Å². The molecule has 0 aliphatic rings. The molecule has 0 spiro atoms. The van der Waals surface area contributed by atoms with Gasteiger partial charge in [-0.25, -0.2) is 0 Å². The van der Waals surface area contributed by atoms with Crippen LogP contribution in [0, 0.1) is 13.8 Å². The van der Waals surface area contributed by atoms with Crippen molar-refractivity contribution in [1.29, 1.82) is 0 Å². The number of hydrogen-bond acceptors (Lipinski definition) is 3. The van der Waals surface area contributed by atoms with Crippen molar-refractivity contribution in [2.24, 2.45) is 10.8 Å². The molecule has 1 atom stereocenters. The van der Waals surface area contributed by atoms with Gasteiger partial charge in [0.2, 0.25) is 5.91 Å². The Bertz CT molecular complexity index is 459. The van der Waals surface area contributed by atoms with Crippen LogP contribution in [0.5, 0.6) is 0 Å². The van der Waals surface area contributed by atoms with E-state index in [-0.39, 0.29) is 6.54 Å². The zero-order chi connectivity index (χ0) is 13.5. The van der Waals surface area contributed by atoms with Crippen LogP contribution in [0.25, 0.3) is 10.4 Å². The molecule has 1 unspecified atom stereocenters. The molecule has 0 heterocycles. The van der Waals surface area contributed by atoms with Crippen LogP contribution in [0.1, 0.15) is 22.7 Å². The Morgan fingerprint density at radius 1 is 1.50 bits per heavy atom. The van der Waals surface area contributed by atoms with Crippen LogP contribution >= 0.6 is 0 Å². The third kappa shape index (κ3) is 3.48. The first-order valence-corrected chi connectivity index (χ1v) is 5.67. The van der Waals surface area contributed by atoms with E-state index in [2.05, 4.69) is 15.3 Å². The van der Waals surface area contributed by atoms with Crippen LogP contribution in [0.2, 0.25) is 0 Å². The summed E-state index contributed by atoms with van der Waals surface area (Å²) in [6.45, 7) is 4.57. The highest BCUT2D eigenvalue weighted by atomic mass is 16.1. The van der Waals surface area contributed by atoms with E-state index < -0.39 is 11.9 Å². The van der Waals surface area contributed by atoms with Crippen molar-refractivity contribution in [3.8, 4) is 0 Å². The summed E-state index contributed by atoms with van der Waals surface area (Å²) in [5, 5.41) is 6.42. The molecule has 1 aromatic rings. The van der Waals surface area contributed by atoms with Gasteiger partial charge in [0.1, 0.15) is 6.04 Å². The zero-order valence-electron chi connectivity index (χ0n) is 10.6. The highest BCUT2D eigenvalue weighted by molar-refractivity contribution is 5.82. The molecule has 0 bridgehead atoms. The minimum Gasteiger partial charge on any atom is -0.368 e. The Morgan fingerprint density at radius 2 is 2.11 bits per heavy atom. The van der Waals surface area contributed by atoms with Crippen molar-refractivity contribution in [1.82, 2.24) is 5.32 Å². The van der Waals surface area contributed by atoms with Gasteiger partial charge in [-0.3, -0.25) is 4.79 Å². The summed E-state index contributed by atoms with van der Waals surface area (Å²) >= 11 is 0. The summed E-state index contributed by atoms with van der Waals surface area (Å²) in [5.41, 5.74) is 16.5. The number of aryl methyl sites for hydroxylation is 2. The summed E-state index contributed by atoms with van der Waals surface area (Å²) in [6, 6.07) is 5.26. The fourth-order valence-electron chi connectivity index (χ4n) is 1.93. The summed E-state index contributed by atoms with van der Waals surface area (Å²) in [7, 11) is 0. The molecule has 0 aromatic heterocycles. The molecule has 6 nitrogen and oxygen atoms in total. The largest absolute Gasteiger partial charge is 0.368 e. The van der Waals surface area contributed by atoms with Gasteiger partial charge < -0.3 is 11.1 Å². The molecule has 1 amide bonds. The van der Waals surface area contributed by atoms with Crippen molar-refractivity contribution in [2.45, 2.75) is 19.9 Å². The van der Waals surface area contributed by atoms with Gasteiger partial charge in [0, 0.05) is 18.0 Å². The molecule has 6 heteroatoms. The lowest BCUT2D eigenvalue weighted by Gasteiger charge is -2.19. The van der Waals surface area contributed by atoms with E-state index in [9.17, 15) is 4.79 Å². The molecule has 0 saturated carbocycles. The smallest absolute Gasteiger partial charge is 0.239 e. The molecule has 0 saturated heterocycles. The Morgan fingerprint density at radius 3 is 2.61 bits per heavy atom. The maximum absolute atomic E-state index is 11.5. The topological polar surface area (TPSA) is 104 Å². The number of nitrogens with one attached hydrogen (secondary N) is 1. The van der Waals surface area contributed by atoms with Gasteiger partial charge in [-0.1, -0.05) is 23.3 Å². The maximum atomic E-state index is 11.5. The van der Waals surface area contributed by atoms with Gasteiger partial charge in [0.05, 0.1) is 0 Å². The molecular weight excluding hydrogens is 230 g/mol. The summed E-state index contributed by atoms with van der Waals surface area (Å²) < 4.78 is 0. The van der Waals surface area contributed by atoms with E-state index in [0.717, 1.165) is 16.7 Å². The Hall–Kier alpha value is -2.04. The third-order valence-electron chi connectivity index (χ3n) is 2.74. The molecule has 0 aliphatic heterocycles. The standard InChI is InChI=1S/C12H17N5O/c1-8-4-3-5-9(2)10(8)11(12(13)18)15-6-7-16-17-14/h3-5,11,15H,6-7H2,1-2H3,(H2,13,18). The number of nitrogens with two attached hydrogens (primary N) is 1. The number of benzene rings is 1. The van der Waals surface area contributed by atoms with Crippen LogP contribution in [0.4, 0.5) is 0 Å². The van der Waals surface area contributed by atoms with Gasteiger partial charge in [0.25, 0.3) is 0 Å². The first-order valence-electron chi connectivity index (χ1n) is 5.67. The van der Waals surface area contributed by atoms with Gasteiger partial charge >= 0.3 is 0 Å². The lowest BCUT2D eigenvalue weighted by molar-refractivity contribution is -0.120. The number of carbonyl (C=O) groups is 1. The Balaban J connectivity index is 2.91. The second kappa shape index (κ2) is 6.64. The molecular formula is C12H17N5O. The average molecular weight is 247 g/mol. The third-order valence-corrected chi connectivity index (χ3v) is 2.74. The molecule has 96 valence electrons. The number of azide groups is 1. The van der Waals surface area contributed by atoms with Crippen LogP contribution < -0.4 is 11.1 Å². The van der Waals surface area contributed by atoms with Crippen molar-refractivity contribution < 1.29 is 4.79 Å². The number of nitrogens with zero attached hydrogens (tertiary/aromatic N) is 3. The minimum absolute atomic E-state index is 0.283. The molecule has 18 heavy (non-hydrogen) atoms. The summed E-state index contributed by atoms with van der Waals surface area (Å²) in [4.78, 5) is 14.2. The van der Waals surface area contributed by atoms with Gasteiger partial charge in [-0.05, 0) is 36.1 Å². The monoisotopic (exact) mass is 247 g/mol. The number of rotatable bonds is 6. The molecule has 0 fully saturated rings. The molecule has 0 radical (unpaired) electrons. The predicted molar refractivity (Wildman–Crippen MR) is 69.9 cm³/mol. The first kappa shape index (κ1) is 14.0. The molecule has 1 rings (SSSR count). The van der Waals surface area contributed by atoms with E-state index in [1.807, 2.05) is 32.0 Å². The second-order valence-corrected chi connectivity index (χ2v) is 4.05. The first-order chi connectivity index (χ1) is 8.57. The van der Waals surface area contributed by atoms with Crippen molar-refractivity contribution in [3.05, 3.63) is 45.3 Å². The van der Waals surface area contributed by atoms with Crippen LogP contribution in [0.3, 0.4) is 0 Å². The van der Waals surface area contributed by atoms with E-state index in [1.54, 1.807) is 0 Å². The van der Waals surface area contributed by atoms with Crippen molar-refractivity contribution in [2.75, 3.05) is 13.1 Å².